The number of hydrogen-bond donors (Lipinski definition) is 2. The van der Waals surface area contributed by atoms with Crippen molar-refractivity contribution < 1.29 is 18.3 Å². The topological polar surface area (TPSA) is 90.0 Å². The Morgan fingerprint density at radius 2 is 1.89 bits per heavy atom. The van der Waals surface area contributed by atoms with Gasteiger partial charge in [0.25, 0.3) is 10.2 Å². The lowest BCUT2D eigenvalue weighted by molar-refractivity contribution is -0.137. The maximum absolute atomic E-state index is 11.8. The molecule has 0 aromatic heterocycles. The second-order valence-corrected chi connectivity index (χ2v) is 6.46. The van der Waals surface area contributed by atoms with Gasteiger partial charge < -0.3 is 10.0 Å². The molecular formula is C11H25N3O4S. The molecule has 0 heterocycles. The van der Waals surface area contributed by atoms with E-state index >= 15 is 0 Å². The molecule has 8 heteroatoms. The number of nitrogens with one attached hydrogen (secondary N) is 1. The first-order valence-electron chi connectivity index (χ1n) is 6.33. The van der Waals surface area contributed by atoms with Crippen LogP contribution in [0.5, 0.6) is 0 Å². The van der Waals surface area contributed by atoms with Crippen LogP contribution in [0.15, 0.2) is 0 Å². The number of likely N-dealkylation sites (N-methyl/N-ethyl adjacent to an activating group) is 1. The Morgan fingerprint density at radius 3 is 2.37 bits per heavy atom. The SMILES string of the molecule is CCC(C)N(C)CCNS(=O)(=O)N(C)CCC(=O)O. The maximum Gasteiger partial charge on any atom is 0.304 e. The Hall–Kier alpha value is -0.700. The van der Waals surface area contributed by atoms with Gasteiger partial charge in [0.15, 0.2) is 0 Å². The molecule has 0 aliphatic heterocycles. The molecule has 1 atom stereocenters. The molecule has 0 aliphatic carbocycles. The first kappa shape index (κ1) is 18.3. The van der Waals surface area contributed by atoms with Gasteiger partial charge in [0.05, 0.1) is 6.42 Å². The summed E-state index contributed by atoms with van der Waals surface area (Å²) >= 11 is 0. The smallest absolute Gasteiger partial charge is 0.304 e. The minimum absolute atomic E-state index is 0.0358. The summed E-state index contributed by atoms with van der Waals surface area (Å²) in [6, 6.07) is 0.397. The number of hydrogen-bond acceptors (Lipinski definition) is 4. The average molecular weight is 295 g/mol. The monoisotopic (exact) mass is 295 g/mol. The molecule has 114 valence electrons. The second-order valence-electron chi connectivity index (χ2n) is 4.60. The van der Waals surface area contributed by atoms with E-state index < -0.39 is 16.2 Å². The minimum Gasteiger partial charge on any atom is -0.481 e. The van der Waals surface area contributed by atoms with Crippen molar-refractivity contribution in [2.45, 2.75) is 32.7 Å². The third-order valence-electron chi connectivity index (χ3n) is 3.14. The normalized spacial score (nSPS) is 14.0. The van der Waals surface area contributed by atoms with Crippen molar-refractivity contribution in [3.8, 4) is 0 Å². The van der Waals surface area contributed by atoms with Gasteiger partial charge in [0.2, 0.25) is 0 Å². The van der Waals surface area contributed by atoms with Gasteiger partial charge in [0.1, 0.15) is 0 Å². The van der Waals surface area contributed by atoms with Crippen LogP contribution in [-0.4, -0.2) is 68.5 Å². The molecule has 0 aromatic carbocycles. The number of rotatable bonds is 10. The van der Waals surface area contributed by atoms with E-state index in [1.807, 2.05) is 7.05 Å². The summed E-state index contributed by atoms with van der Waals surface area (Å²) in [6.07, 6.45) is 0.798. The summed E-state index contributed by atoms with van der Waals surface area (Å²) in [5, 5.41) is 8.52. The number of carboxylic acid groups (broad SMARTS) is 1. The van der Waals surface area contributed by atoms with Crippen LogP contribution in [0.25, 0.3) is 0 Å². The van der Waals surface area contributed by atoms with Crippen molar-refractivity contribution in [2.24, 2.45) is 0 Å². The summed E-state index contributed by atoms with van der Waals surface area (Å²) in [4.78, 5) is 12.5. The van der Waals surface area contributed by atoms with Gasteiger partial charge in [-0.25, -0.2) is 4.72 Å². The zero-order valence-corrected chi connectivity index (χ0v) is 12.9. The third-order valence-corrected chi connectivity index (χ3v) is 4.72. The summed E-state index contributed by atoms with van der Waals surface area (Å²) < 4.78 is 27.0. The molecule has 0 fully saturated rings. The first-order chi connectivity index (χ1) is 8.70. The van der Waals surface area contributed by atoms with E-state index in [2.05, 4.69) is 23.5 Å². The van der Waals surface area contributed by atoms with Gasteiger partial charge in [-0.2, -0.15) is 12.7 Å². The summed E-state index contributed by atoms with van der Waals surface area (Å²) in [6.45, 7) is 5.03. The highest BCUT2D eigenvalue weighted by Crippen LogP contribution is 1.99. The molecule has 0 saturated heterocycles. The standard InChI is InChI=1S/C11H25N3O4S/c1-5-10(2)13(3)9-7-12-19(17,18)14(4)8-6-11(15)16/h10,12H,5-9H2,1-4H3,(H,15,16). The van der Waals surface area contributed by atoms with E-state index in [1.54, 1.807) is 0 Å². The molecule has 0 rings (SSSR count). The number of nitrogens with zero attached hydrogens (tertiary/aromatic N) is 2. The molecule has 0 aromatic rings. The van der Waals surface area contributed by atoms with Gasteiger partial charge in [0, 0.05) is 32.7 Å². The van der Waals surface area contributed by atoms with Gasteiger partial charge >= 0.3 is 5.97 Å². The number of aliphatic carboxylic acids is 1. The Kier molecular flexibility index (Phi) is 8.15. The van der Waals surface area contributed by atoms with Crippen molar-refractivity contribution in [3.05, 3.63) is 0 Å². The van der Waals surface area contributed by atoms with Crippen LogP contribution in [0, 0.1) is 0 Å². The maximum atomic E-state index is 11.8. The Morgan fingerprint density at radius 1 is 1.32 bits per heavy atom. The predicted molar refractivity (Wildman–Crippen MR) is 74.2 cm³/mol. The molecule has 0 saturated carbocycles. The fourth-order valence-electron chi connectivity index (χ4n) is 1.37. The van der Waals surface area contributed by atoms with Crippen molar-refractivity contribution >= 4 is 16.2 Å². The summed E-state index contributed by atoms with van der Waals surface area (Å²) in [7, 11) is -0.285. The van der Waals surface area contributed by atoms with Crippen molar-refractivity contribution in [3.63, 3.8) is 0 Å². The van der Waals surface area contributed by atoms with Crippen LogP contribution in [0.3, 0.4) is 0 Å². The molecule has 1 unspecified atom stereocenters. The van der Waals surface area contributed by atoms with Gasteiger partial charge in [-0.15, -0.1) is 0 Å². The zero-order chi connectivity index (χ0) is 15.1. The van der Waals surface area contributed by atoms with E-state index in [4.69, 9.17) is 5.11 Å². The van der Waals surface area contributed by atoms with Crippen molar-refractivity contribution in [1.29, 1.82) is 0 Å². The highest BCUT2D eigenvalue weighted by molar-refractivity contribution is 7.87. The lowest BCUT2D eigenvalue weighted by atomic mass is 10.2. The molecule has 0 amide bonds. The van der Waals surface area contributed by atoms with Crippen LogP contribution >= 0.6 is 0 Å². The third kappa shape index (κ3) is 7.46. The lowest BCUT2D eigenvalue weighted by Crippen LogP contribution is -2.43. The van der Waals surface area contributed by atoms with E-state index in [0.29, 0.717) is 19.1 Å². The zero-order valence-electron chi connectivity index (χ0n) is 12.1. The number of carbonyl (C=O) groups is 1. The Balaban J connectivity index is 4.13. The molecular weight excluding hydrogens is 270 g/mol. The van der Waals surface area contributed by atoms with Gasteiger partial charge in [-0.3, -0.25) is 4.79 Å². The highest BCUT2D eigenvalue weighted by Gasteiger charge is 2.18. The fraction of sp³-hybridized carbons (Fsp3) is 0.909. The highest BCUT2D eigenvalue weighted by atomic mass is 32.2. The van der Waals surface area contributed by atoms with Crippen LogP contribution < -0.4 is 4.72 Å². The molecule has 7 nitrogen and oxygen atoms in total. The van der Waals surface area contributed by atoms with E-state index in [1.165, 1.54) is 7.05 Å². The van der Waals surface area contributed by atoms with Crippen LogP contribution in [0.4, 0.5) is 0 Å². The van der Waals surface area contributed by atoms with Gasteiger partial charge in [-0.1, -0.05) is 6.92 Å². The Bertz CT molecular complexity index is 372. The van der Waals surface area contributed by atoms with E-state index in [0.717, 1.165) is 10.7 Å². The molecule has 0 spiro atoms. The lowest BCUT2D eigenvalue weighted by Gasteiger charge is -2.24. The van der Waals surface area contributed by atoms with Crippen molar-refractivity contribution in [1.82, 2.24) is 13.9 Å². The van der Waals surface area contributed by atoms with Crippen LogP contribution in [-0.2, 0) is 15.0 Å². The summed E-state index contributed by atoms with van der Waals surface area (Å²) in [5.41, 5.74) is 0. The molecule has 0 radical (unpaired) electrons. The molecule has 19 heavy (non-hydrogen) atoms. The van der Waals surface area contributed by atoms with E-state index in [-0.39, 0.29) is 13.0 Å². The largest absolute Gasteiger partial charge is 0.481 e. The summed E-state index contributed by atoms with van der Waals surface area (Å²) in [5.74, 6) is -1.02. The Labute approximate surface area is 115 Å². The fourth-order valence-corrected chi connectivity index (χ4v) is 2.27. The minimum atomic E-state index is -3.59. The molecule has 0 aliphatic rings. The predicted octanol–water partition coefficient (Wildman–Crippen LogP) is -0.0424. The van der Waals surface area contributed by atoms with E-state index in [9.17, 15) is 13.2 Å². The molecule has 2 N–H and O–H groups in total. The van der Waals surface area contributed by atoms with Gasteiger partial charge in [-0.05, 0) is 20.4 Å². The average Bonchev–Trinajstić information content (AvgIpc) is 2.34. The molecule has 0 bridgehead atoms. The van der Waals surface area contributed by atoms with Crippen LogP contribution in [0.1, 0.15) is 26.7 Å². The van der Waals surface area contributed by atoms with Crippen LogP contribution in [0.2, 0.25) is 0 Å². The quantitative estimate of drug-likeness (QED) is 0.590. The second kappa shape index (κ2) is 8.47. The first-order valence-corrected chi connectivity index (χ1v) is 7.77. The number of carboxylic acids is 1. The van der Waals surface area contributed by atoms with Crippen molar-refractivity contribution in [2.75, 3.05) is 33.7 Å².